The molecule has 2 aliphatic rings. The summed E-state index contributed by atoms with van der Waals surface area (Å²) < 4.78 is 5.22. The van der Waals surface area contributed by atoms with Gasteiger partial charge in [-0.05, 0) is 11.6 Å². The average molecular weight is 315 g/mol. The highest BCUT2D eigenvalue weighted by atomic mass is 28.3. The number of rotatable bonds is 0. The van der Waals surface area contributed by atoms with Crippen molar-refractivity contribution in [2.24, 2.45) is 0 Å². The second kappa shape index (κ2) is 3.51. The van der Waals surface area contributed by atoms with Crippen molar-refractivity contribution in [1.82, 2.24) is 4.57 Å². The van der Waals surface area contributed by atoms with Crippen LogP contribution in [0.4, 0.5) is 0 Å². The molecule has 0 N–H and O–H groups in total. The number of hydrogen-bond donors (Lipinski definition) is 0. The zero-order valence-electron chi connectivity index (χ0n) is 13.8. The number of imidazole rings is 1. The lowest BCUT2D eigenvalue weighted by Crippen LogP contribution is -2.60. The minimum atomic E-state index is -1.46. The van der Waals surface area contributed by atoms with Gasteiger partial charge < -0.3 is 0 Å². The van der Waals surface area contributed by atoms with E-state index in [4.69, 9.17) is 0 Å². The van der Waals surface area contributed by atoms with Crippen LogP contribution in [0.25, 0.3) is 27.3 Å². The van der Waals surface area contributed by atoms with Crippen LogP contribution in [0.1, 0.15) is 16.8 Å². The van der Waals surface area contributed by atoms with E-state index >= 15 is 0 Å². The summed E-state index contributed by atoms with van der Waals surface area (Å²) in [6.45, 7) is 8.45. The van der Waals surface area contributed by atoms with Crippen molar-refractivity contribution >= 4 is 40.7 Å². The normalized spacial score (nSPS) is 17.3. The van der Waals surface area contributed by atoms with Gasteiger partial charge in [-0.2, -0.15) is 4.40 Å². The Labute approximate surface area is 136 Å². The van der Waals surface area contributed by atoms with Gasteiger partial charge in [0.2, 0.25) is 0 Å². The highest BCUT2D eigenvalue weighted by Crippen LogP contribution is 2.37. The fourth-order valence-corrected chi connectivity index (χ4v) is 8.63. The smallest absolute Gasteiger partial charge is 0.223 e. The third kappa shape index (κ3) is 1.19. The summed E-state index contributed by atoms with van der Waals surface area (Å²) in [5.74, 6) is 0. The standard InChI is InChI=1S/C20H19N2Si/c1-12-20-22-18-14(11-23(20,2)3)7-5-9-16(18)15-8-4-6-13-10-21(12)19(22)17(13)15/h4-9H,10-11H2,1-3H3/q+1. The summed E-state index contributed by atoms with van der Waals surface area (Å²) in [4.78, 5) is 0. The summed E-state index contributed by atoms with van der Waals surface area (Å²) in [7, 11) is -1.46. The molecule has 4 aromatic rings. The molecule has 0 amide bonds. The molecule has 0 saturated carbocycles. The number of aromatic nitrogens is 2. The van der Waals surface area contributed by atoms with Crippen LogP contribution in [-0.4, -0.2) is 12.6 Å². The molecular formula is C20H19N2Si+. The largest absolute Gasteiger partial charge is 0.295 e. The predicted octanol–water partition coefficient (Wildman–Crippen LogP) is 3.21. The molecule has 0 unspecified atom stereocenters. The summed E-state index contributed by atoms with van der Waals surface area (Å²) in [5.41, 5.74) is 7.45. The average Bonchev–Trinajstić information content (AvgIpc) is 3.03. The number of para-hydroxylation sites is 1. The van der Waals surface area contributed by atoms with Crippen molar-refractivity contribution in [2.75, 3.05) is 0 Å². The quantitative estimate of drug-likeness (QED) is 0.236. The third-order valence-electron chi connectivity index (χ3n) is 6.05. The van der Waals surface area contributed by atoms with Crippen molar-refractivity contribution in [3.63, 3.8) is 0 Å². The molecule has 3 heteroatoms. The van der Waals surface area contributed by atoms with Gasteiger partial charge >= 0.3 is 0 Å². The number of hydrogen-bond acceptors (Lipinski definition) is 0. The molecular weight excluding hydrogens is 296 g/mol. The van der Waals surface area contributed by atoms with E-state index in [2.05, 4.69) is 65.4 Å². The lowest BCUT2D eigenvalue weighted by atomic mass is 10.0. The molecule has 0 bridgehead atoms. The van der Waals surface area contributed by atoms with Crippen LogP contribution in [0.3, 0.4) is 0 Å². The van der Waals surface area contributed by atoms with Crippen LogP contribution in [-0.2, 0) is 12.6 Å². The van der Waals surface area contributed by atoms with Crippen LogP contribution in [0.5, 0.6) is 0 Å². The molecule has 0 saturated heterocycles. The van der Waals surface area contributed by atoms with E-state index in [0.29, 0.717) is 0 Å². The molecule has 0 aliphatic carbocycles. The Hall–Kier alpha value is -2.13. The maximum absolute atomic E-state index is 2.65. The van der Waals surface area contributed by atoms with E-state index < -0.39 is 8.07 Å². The first kappa shape index (κ1) is 12.3. The topological polar surface area (TPSA) is 9.03 Å². The van der Waals surface area contributed by atoms with Crippen molar-refractivity contribution in [2.45, 2.75) is 32.6 Å². The Morgan fingerprint density at radius 1 is 1.00 bits per heavy atom. The number of fused-ring (bicyclic) bond motifs is 1. The van der Waals surface area contributed by atoms with E-state index in [9.17, 15) is 0 Å². The Kier molecular flexibility index (Phi) is 1.88. The number of benzene rings is 2. The summed E-state index contributed by atoms with van der Waals surface area (Å²) in [5, 5.41) is 6.00. The maximum atomic E-state index is 2.65. The molecule has 2 aromatic heterocycles. The summed E-state index contributed by atoms with van der Waals surface area (Å²) in [6.07, 6.45) is 0. The van der Waals surface area contributed by atoms with Gasteiger partial charge in [-0.1, -0.05) is 49.5 Å². The van der Waals surface area contributed by atoms with Gasteiger partial charge in [0.05, 0.1) is 5.39 Å². The second-order valence-corrected chi connectivity index (χ2v) is 12.5. The van der Waals surface area contributed by atoms with Crippen LogP contribution < -0.4 is 9.72 Å². The van der Waals surface area contributed by atoms with Crippen LogP contribution in [0.15, 0.2) is 36.4 Å². The van der Waals surface area contributed by atoms with Crippen LogP contribution >= 0.6 is 0 Å². The summed E-state index contributed by atoms with van der Waals surface area (Å²) >= 11 is 0. The molecule has 2 aliphatic heterocycles. The zero-order chi connectivity index (χ0) is 15.5. The zero-order valence-corrected chi connectivity index (χ0v) is 14.8. The Morgan fingerprint density at radius 3 is 2.57 bits per heavy atom. The van der Waals surface area contributed by atoms with E-state index in [0.717, 1.165) is 6.54 Å². The van der Waals surface area contributed by atoms with Gasteiger partial charge in [0.1, 0.15) is 31.1 Å². The molecule has 2 nitrogen and oxygen atoms in total. The van der Waals surface area contributed by atoms with Crippen molar-refractivity contribution in [3.05, 3.63) is 53.2 Å². The minimum absolute atomic E-state index is 1.04. The van der Waals surface area contributed by atoms with Crippen LogP contribution in [0, 0.1) is 6.92 Å². The Balaban J connectivity index is 2.09. The lowest BCUT2D eigenvalue weighted by Gasteiger charge is -2.25. The highest BCUT2D eigenvalue weighted by Gasteiger charge is 2.44. The molecule has 0 atom stereocenters. The van der Waals surface area contributed by atoms with Gasteiger partial charge in [-0.25, -0.2) is 4.57 Å². The van der Waals surface area contributed by atoms with E-state index in [-0.39, 0.29) is 0 Å². The first-order valence-corrected chi connectivity index (χ1v) is 11.7. The van der Waals surface area contributed by atoms with Crippen molar-refractivity contribution < 1.29 is 4.40 Å². The fraction of sp³-hybridized carbons (Fsp3) is 0.250. The van der Waals surface area contributed by atoms with Crippen molar-refractivity contribution in [1.29, 1.82) is 0 Å². The van der Waals surface area contributed by atoms with Crippen LogP contribution in [0.2, 0.25) is 13.1 Å². The monoisotopic (exact) mass is 315 g/mol. The maximum Gasteiger partial charge on any atom is 0.295 e. The van der Waals surface area contributed by atoms with E-state index in [1.165, 1.54) is 44.6 Å². The van der Waals surface area contributed by atoms with Crippen molar-refractivity contribution in [3.8, 4) is 0 Å². The minimum Gasteiger partial charge on any atom is -0.223 e. The summed E-state index contributed by atoms with van der Waals surface area (Å²) in [6, 6.07) is 15.0. The molecule has 4 heterocycles. The molecule has 6 rings (SSSR count). The Morgan fingerprint density at radius 2 is 1.74 bits per heavy atom. The molecule has 0 fully saturated rings. The van der Waals surface area contributed by atoms with Gasteiger partial charge in [0, 0.05) is 23.3 Å². The Bertz CT molecular complexity index is 1200. The molecule has 112 valence electrons. The van der Waals surface area contributed by atoms with Gasteiger partial charge in [0.25, 0.3) is 5.65 Å². The van der Waals surface area contributed by atoms with E-state index in [1.54, 1.807) is 10.9 Å². The first-order valence-electron chi connectivity index (χ1n) is 8.48. The lowest BCUT2D eigenvalue weighted by molar-refractivity contribution is -0.461. The molecule has 0 radical (unpaired) electrons. The van der Waals surface area contributed by atoms with Gasteiger partial charge in [-0.3, -0.25) is 0 Å². The SMILES string of the molecule is Cc1c2[n+]3c4c(cccc4c4cccc5c4c3n1C5)C[Si]2(C)C. The predicted molar refractivity (Wildman–Crippen MR) is 97.3 cm³/mol. The van der Waals surface area contributed by atoms with E-state index in [1.807, 2.05) is 0 Å². The molecule has 2 aromatic carbocycles. The number of pyridine rings is 1. The fourth-order valence-electron chi connectivity index (χ4n) is 5.29. The van der Waals surface area contributed by atoms with Gasteiger partial charge in [0.15, 0.2) is 0 Å². The molecule has 0 spiro atoms. The second-order valence-electron chi connectivity index (χ2n) is 7.89. The molecule has 23 heavy (non-hydrogen) atoms. The first-order chi connectivity index (χ1) is 11.1. The highest BCUT2D eigenvalue weighted by molar-refractivity contribution is 6.88. The number of nitrogens with zero attached hydrogens (tertiary/aromatic N) is 2. The third-order valence-corrected chi connectivity index (χ3v) is 9.18. The van der Waals surface area contributed by atoms with Gasteiger partial charge in [-0.15, -0.1) is 0 Å².